The lowest BCUT2D eigenvalue weighted by Crippen LogP contribution is -2.38. The van der Waals surface area contributed by atoms with Gasteiger partial charge in [0.05, 0.1) is 23.9 Å². The second-order valence-electron chi connectivity index (χ2n) is 4.30. The number of thioether (sulfide) groups is 1. The third-order valence-corrected chi connectivity index (χ3v) is 3.76. The van der Waals surface area contributed by atoms with Gasteiger partial charge in [-0.15, -0.1) is 0 Å². The third-order valence-electron chi connectivity index (χ3n) is 2.82. The molecule has 0 aliphatic carbocycles. The zero-order valence-electron chi connectivity index (χ0n) is 11.8. The molecule has 0 saturated heterocycles. The molecule has 0 saturated carbocycles. The summed E-state index contributed by atoms with van der Waals surface area (Å²) in [6, 6.07) is 5.88. The molecule has 1 aromatic carbocycles. The zero-order valence-corrected chi connectivity index (χ0v) is 12.6. The molecule has 1 aromatic heterocycles. The fourth-order valence-electron chi connectivity index (χ4n) is 1.77. The molecule has 2 aromatic rings. The molecule has 0 fully saturated rings. The summed E-state index contributed by atoms with van der Waals surface area (Å²) in [4.78, 5) is 15.3. The van der Waals surface area contributed by atoms with E-state index in [-0.39, 0.29) is 21.8 Å². The molecule has 122 valence electrons. The fraction of sp³-hybridized carbons (Fsp3) is 0.231. The number of halogens is 3. The number of benzene rings is 1. The molecule has 0 amide bonds. The number of methoxy groups -OCH3 is 1. The number of rotatable bonds is 3. The molecule has 0 atom stereocenters. The first kappa shape index (κ1) is 17.0. The molecule has 6 nitrogen and oxygen atoms in total. The second kappa shape index (κ2) is 6.41. The highest BCUT2D eigenvalue weighted by molar-refractivity contribution is 7.99. The Morgan fingerprint density at radius 1 is 1.39 bits per heavy atom. The number of carbonyl (C=O) groups is 1. The number of esters is 1. The van der Waals surface area contributed by atoms with E-state index in [4.69, 9.17) is 10.8 Å². The van der Waals surface area contributed by atoms with E-state index < -0.39 is 23.5 Å². The van der Waals surface area contributed by atoms with E-state index in [9.17, 15) is 18.0 Å². The molecule has 1 heterocycles. The molecular formula is C13H11F3N4O2S. The molecule has 10 heteroatoms. The lowest BCUT2D eigenvalue weighted by Gasteiger charge is -2.16. The second-order valence-corrected chi connectivity index (χ2v) is 5.26. The number of aromatic nitrogens is 2. The Bertz CT molecular complexity index is 832. The molecule has 0 spiro atoms. The molecule has 0 aliphatic heterocycles. The Morgan fingerprint density at radius 3 is 2.65 bits per heavy atom. The van der Waals surface area contributed by atoms with E-state index in [1.807, 2.05) is 0 Å². The van der Waals surface area contributed by atoms with Crippen molar-refractivity contribution >= 4 is 34.6 Å². The predicted molar refractivity (Wildman–Crippen MR) is 77.5 cm³/mol. The first-order valence-corrected chi connectivity index (χ1v) is 7.16. The maximum atomic E-state index is 12.9. The minimum Gasteiger partial charge on any atom is -0.468 e. The predicted octanol–water partition coefficient (Wildman–Crippen LogP) is 2.17. The van der Waals surface area contributed by atoms with E-state index in [1.54, 1.807) is 6.07 Å². The number of hydrogen-bond donors (Lipinski definition) is 2. The Morgan fingerprint density at radius 2 is 2.04 bits per heavy atom. The summed E-state index contributed by atoms with van der Waals surface area (Å²) in [6.45, 7) is 0. The Kier molecular flexibility index (Phi) is 4.73. The topological polar surface area (TPSA) is 91.8 Å². The van der Waals surface area contributed by atoms with Crippen molar-refractivity contribution in [3.05, 3.63) is 29.8 Å². The number of carbonyl (C=O) groups excluding carboxylic acids is 1. The summed E-state index contributed by atoms with van der Waals surface area (Å²) in [5.41, 5.74) is -0.438. The smallest absolute Gasteiger partial charge is 0.449 e. The number of para-hydroxylation sites is 2. The Balaban J connectivity index is 2.63. The van der Waals surface area contributed by atoms with Gasteiger partial charge in [-0.05, 0) is 12.1 Å². The minimum atomic E-state index is -4.92. The highest BCUT2D eigenvalue weighted by atomic mass is 32.2. The van der Waals surface area contributed by atoms with Crippen LogP contribution in [0, 0.1) is 10.8 Å². The van der Waals surface area contributed by atoms with E-state index in [1.165, 1.54) is 25.3 Å². The molecule has 2 N–H and O–H groups in total. The standard InChI is InChI=1S/C13H11F3N4O2S/c1-22-9(21)6-23-11-10(17)20(12(18)13(14,15)16)8-5-3-2-4-7(8)19-11/h2-5,17-18H,6H2,1H3. The first-order chi connectivity index (χ1) is 10.8. The van der Waals surface area contributed by atoms with Gasteiger partial charge in [0, 0.05) is 0 Å². The van der Waals surface area contributed by atoms with Gasteiger partial charge in [-0.2, -0.15) is 13.2 Å². The first-order valence-electron chi connectivity index (χ1n) is 6.18. The van der Waals surface area contributed by atoms with Gasteiger partial charge in [-0.3, -0.25) is 20.2 Å². The lowest BCUT2D eigenvalue weighted by molar-refractivity contribution is -0.137. The van der Waals surface area contributed by atoms with Gasteiger partial charge in [0.25, 0.3) is 0 Å². The van der Waals surface area contributed by atoms with Crippen molar-refractivity contribution in [1.82, 2.24) is 9.55 Å². The Hall–Kier alpha value is -2.36. The van der Waals surface area contributed by atoms with E-state index in [0.717, 1.165) is 11.8 Å². The summed E-state index contributed by atoms with van der Waals surface area (Å²) in [6.07, 6.45) is -4.92. The maximum absolute atomic E-state index is 12.9. The van der Waals surface area contributed by atoms with Crippen molar-refractivity contribution in [2.45, 2.75) is 11.2 Å². The molecule has 0 bridgehead atoms. The van der Waals surface area contributed by atoms with E-state index in [2.05, 4.69) is 9.72 Å². The average molecular weight is 344 g/mol. The van der Waals surface area contributed by atoms with Gasteiger partial charge in [-0.1, -0.05) is 23.9 Å². The number of fused-ring (bicyclic) bond motifs is 1. The normalized spacial score (nSPS) is 11.5. The zero-order chi connectivity index (χ0) is 17.2. The largest absolute Gasteiger partial charge is 0.468 e. The Labute approximate surface area is 132 Å². The number of ether oxygens (including phenoxy) is 1. The quantitative estimate of drug-likeness (QED) is 0.386. The summed E-state index contributed by atoms with van der Waals surface area (Å²) in [5.74, 6) is -2.49. The van der Waals surface area contributed by atoms with E-state index in [0.29, 0.717) is 4.57 Å². The monoisotopic (exact) mass is 344 g/mol. The van der Waals surface area contributed by atoms with Crippen LogP contribution in [0.25, 0.3) is 11.0 Å². The summed E-state index contributed by atoms with van der Waals surface area (Å²) < 4.78 is 43.7. The van der Waals surface area contributed by atoms with Crippen LogP contribution in [0.1, 0.15) is 0 Å². The minimum absolute atomic E-state index is 0.0118. The van der Waals surface area contributed by atoms with Crippen molar-refractivity contribution in [3.63, 3.8) is 0 Å². The van der Waals surface area contributed by atoms with Crippen LogP contribution in [0.5, 0.6) is 0 Å². The van der Waals surface area contributed by atoms with Gasteiger partial charge < -0.3 is 4.74 Å². The maximum Gasteiger partial charge on any atom is 0.449 e. The van der Waals surface area contributed by atoms with Crippen LogP contribution in [-0.2, 0) is 9.53 Å². The number of nitrogens with zero attached hydrogens (tertiary/aromatic N) is 2. The molecule has 0 aliphatic rings. The number of hydrogen-bond acceptors (Lipinski definition) is 6. The van der Waals surface area contributed by atoms with Crippen LogP contribution >= 0.6 is 11.8 Å². The van der Waals surface area contributed by atoms with Crippen LogP contribution in [0.2, 0.25) is 0 Å². The van der Waals surface area contributed by atoms with Gasteiger partial charge in [0.15, 0.2) is 5.49 Å². The summed E-state index contributed by atoms with van der Waals surface area (Å²) >= 11 is 0.779. The van der Waals surface area contributed by atoms with Crippen molar-refractivity contribution in [1.29, 1.82) is 10.8 Å². The fourth-order valence-corrected chi connectivity index (χ4v) is 2.54. The van der Waals surface area contributed by atoms with Crippen LogP contribution in [0.3, 0.4) is 0 Å². The van der Waals surface area contributed by atoms with Gasteiger partial charge in [-0.25, -0.2) is 4.98 Å². The van der Waals surface area contributed by atoms with Crippen LogP contribution in [-0.4, -0.2) is 40.4 Å². The van der Waals surface area contributed by atoms with Crippen molar-refractivity contribution in [2.24, 2.45) is 0 Å². The molecule has 23 heavy (non-hydrogen) atoms. The highest BCUT2D eigenvalue weighted by Gasteiger charge is 2.37. The molecule has 0 unspecified atom stereocenters. The third kappa shape index (κ3) is 3.52. The highest BCUT2D eigenvalue weighted by Crippen LogP contribution is 2.22. The molecular weight excluding hydrogens is 333 g/mol. The van der Waals surface area contributed by atoms with E-state index >= 15 is 0 Å². The lowest BCUT2D eigenvalue weighted by atomic mass is 10.3. The SMILES string of the molecule is COC(=O)CSc1nc2ccccc2n(C(=N)C(F)(F)F)c1=N. The van der Waals surface area contributed by atoms with Crippen molar-refractivity contribution in [3.8, 4) is 0 Å². The number of nitrogens with one attached hydrogen (secondary N) is 2. The van der Waals surface area contributed by atoms with Crippen LogP contribution in [0.15, 0.2) is 29.3 Å². The molecule has 0 radical (unpaired) electrons. The van der Waals surface area contributed by atoms with Crippen molar-refractivity contribution < 1.29 is 22.7 Å². The van der Waals surface area contributed by atoms with Gasteiger partial charge >= 0.3 is 12.1 Å². The summed E-state index contributed by atoms with van der Waals surface area (Å²) in [7, 11) is 1.18. The van der Waals surface area contributed by atoms with Crippen molar-refractivity contribution in [2.75, 3.05) is 12.9 Å². The molecule has 2 rings (SSSR count). The average Bonchev–Trinajstić information content (AvgIpc) is 2.51. The van der Waals surface area contributed by atoms with Gasteiger partial charge in [0.2, 0.25) is 5.84 Å². The van der Waals surface area contributed by atoms with Crippen LogP contribution < -0.4 is 5.49 Å². The van der Waals surface area contributed by atoms with Gasteiger partial charge in [0.1, 0.15) is 5.03 Å². The van der Waals surface area contributed by atoms with Crippen LogP contribution in [0.4, 0.5) is 13.2 Å². The summed E-state index contributed by atoms with van der Waals surface area (Å²) in [5, 5.41) is 15.2. The number of alkyl halides is 3.